The molecule has 0 radical (unpaired) electrons. The highest BCUT2D eigenvalue weighted by atomic mass is 35.5. The lowest BCUT2D eigenvalue weighted by atomic mass is 9.98. The SMILES string of the molecule is C=Cc1nc([C@H](C)NC(=O)OCC2c3ccccc3-c3ccccc32)cc2cccc(Cl)c12.C[C@H](N)c1cc2cccc(Cl)c2c(CCN2CCOCC2)n1.C[C@H](NC(=O)OCC1c2ccccc2-c2ccccc21)c1cc2cccc(Cl)c2c(Cl)n1.C[C@H](Nc1ncnc2scnc12)c1cc2cccc(Cl)c2c(CCN2CCOCC2)n1. The number of benzene rings is 8. The number of rotatable bonds is 19. The van der Waals surface area contributed by atoms with E-state index < -0.39 is 12.2 Å². The van der Waals surface area contributed by atoms with Gasteiger partial charge in [-0.1, -0.05) is 210 Å². The number of carbonyl (C=O) groups is 2. The minimum absolute atomic E-state index is 0.0128. The van der Waals surface area contributed by atoms with Crippen molar-refractivity contribution in [1.82, 2.24) is 55.3 Å². The summed E-state index contributed by atoms with van der Waals surface area (Å²) in [5.74, 6) is 0.757. The number of halogens is 5. The molecule has 14 aromatic rings. The van der Waals surface area contributed by atoms with Crippen LogP contribution in [0.2, 0.25) is 25.2 Å². The van der Waals surface area contributed by atoms with Crippen molar-refractivity contribution in [3.8, 4) is 22.3 Å². The average molecular weight is 1690 g/mol. The van der Waals surface area contributed by atoms with Gasteiger partial charge in [-0.25, -0.2) is 29.5 Å². The predicted molar refractivity (Wildman–Crippen MR) is 477 cm³/mol. The molecule has 0 spiro atoms. The fourth-order valence-electron chi connectivity index (χ4n) is 15.7. The summed E-state index contributed by atoms with van der Waals surface area (Å²) >= 11 is 33.4. The van der Waals surface area contributed by atoms with Gasteiger partial charge < -0.3 is 40.6 Å². The monoisotopic (exact) mass is 1690 g/mol. The highest BCUT2D eigenvalue weighted by molar-refractivity contribution is 7.16. The van der Waals surface area contributed by atoms with Gasteiger partial charge in [0.25, 0.3) is 0 Å². The van der Waals surface area contributed by atoms with Gasteiger partial charge in [0.2, 0.25) is 0 Å². The zero-order valence-corrected chi connectivity index (χ0v) is 70.2. The number of anilines is 1. The van der Waals surface area contributed by atoms with Gasteiger partial charge in [0.1, 0.15) is 35.0 Å². The molecule has 25 heteroatoms. The topological polar surface area (TPSA) is 230 Å². The minimum Gasteiger partial charge on any atom is -0.449 e. The number of nitrogens with two attached hydrogens (primary N) is 1. The van der Waals surface area contributed by atoms with Gasteiger partial charge >= 0.3 is 12.2 Å². The number of aromatic nitrogens is 7. The molecule has 18 rings (SSSR count). The van der Waals surface area contributed by atoms with Gasteiger partial charge in [-0.05, 0) is 148 Å². The van der Waals surface area contributed by atoms with Crippen molar-refractivity contribution >= 4 is 147 Å². The third-order valence-electron chi connectivity index (χ3n) is 21.8. The first-order valence-corrected chi connectivity index (χ1v) is 42.2. The van der Waals surface area contributed by atoms with Gasteiger partial charge in [-0.15, -0.1) is 11.3 Å². The van der Waals surface area contributed by atoms with Gasteiger partial charge in [0.05, 0.1) is 110 Å². The molecule has 6 aromatic heterocycles. The molecule has 118 heavy (non-hydrogen) atoms. The summed E-state index contributed by atoms with van der Waals surface area (Å²) in [6.45, 7) is 21.2. The Bertz CT molecular complexity index is 5920. The number of carbonyl (C=O) groups excluding carboxylic acids is 2. The number of nitrogens with zero attached hydrogens (tertiary/aromatic N) is 9. The summed E-state index contributed by atoms with van der Waals surface area (Å²) in [6.07, 6.45) is 3.99. The molecule has 2 aliphatic carbocycles. The van der Waals surface area contributed by atoms with E-state index in [-0.39, 0.29) is 49.2 Å². The number of amides is 2. The molecule has 4 aliphatic rings. The molecule has 8 aromatic carbocycles. The quantitative estimate of drug-likeness (QED) is 0.0552. The Kier molecular flexibility index (Phi) is 26.8. The Morgan fingerprint density at radius 2 is 0.898 bits per heavy atom. The van der Waals surface area contributed by atoms with Crippen LogP contribution in [-0.4, -0.2) is 136 Å². The largest absolute Gasteiger partial charge is 0.449 e. The third kappa shape index (κ3) is 18.9. The van der Waals surface area contributed by atoms with Crippen LogP contribution in [0, 0.1) is 0 Å². The van der Waals surface area contributed by atoms with Crippen LogP contribution in [0.4, 0.5) is 15.4 Å². The van der Waals surface area contributed by atoms with Crippen LogP contribution < -0.4 is 21.7 Å². The maximum Gasteiger partial charge on any atom is 0.407 e. The average Bonchev–Trinajstić information content (AvgIpc) is 1.57. The normalized spacial score (nSPS) is 14.9. The first-order chi connectivity index (χ1) is 57.4. The zero-order valence-electron chi connectivity index (χ0n) is 65.6. The van der Waals surface area contributed by atoms with Crippen molar-refractivity contribution in [2.75, 3.05) is 84.2 Å². The second kappa shape index (κ2) is 38.2. The van der Waals surface area contributed by atoms with Crippen LogP contribution in [0.5, 0.6) is 0 Å². The van der Waals surface area contributed by atoms with Crippen LogP contribution in [-0.2, 0) is 31.8 Å². The van der Waals surface area contributed by atoms with E-state index >= 15 is 0 Å². The van der Waals surface area contributed by atoms with Gasteiger partial charge in [-0.2, -0.15) is 0 Å². The highest BCUT2D eigenvalue weighted by Gasteiger charge is 2.32. The lowest BCUT2D eigenvalue weighted by molar-refractivity contribution is 0.0383. The number of fused-ring (bicyclic) bond motifs is 11. The molecule has 2 fully saturated rings. The van der Waals surface area contributed by atoms with E-state index in [4.69, 9.17) is 92.7 Å². The highest BCUT2D eigenvalue weighted by Crippen LogP contribution is 2.47. The summed E-state index contributed by atoms with van der Waals surface area (Å²) < 4.78 is 22.2. The Morgan fingerprint density at radius 3 is 1.36 bits per heavy atom. The third-order valence-corrected chi connectivity index (χ3v) is 24.1. The summed E-state index contributed by atoms with van der Waals surface area (Å²) in [5.41, 5.74) is 24.1. The van der Waals surface area contributed by atoms with E-state index in [0.29, 0.717) is 37.7 Å². The van der Waals surface area contributed by atoms with Crippen molar-refractivity contribution in [3.05, 3.63) is 300 Å². The summed E-state index contributed by atoms with van der Waals surface area (Å²) in [4.78, 5) is 62.9. The van der Waals surface area contributed by atoms with Crippen LogP contribution in [0.25, 0.3) is 81.8 Å². The number of hydrogen-bond acceptors (Lipinski definition) is 18. The number of nitrogens with one attached hydrogen (secondary N) is 3. The van der Waals surface area contributed by atoms with Gasteiger partial charge in [0, 0.05) is 91.5 Å². The smallest absolute Gasteiger partial charge is 0.407 e. The van der Waals surface area contributed by atoms with Crippen LogP contribution in [0.1, 0.15) is 126 Å². The molecule has 2 saturated heterocycles. The van der Waals surface area contributed by atoms with Crippen molar-refractivity contribution < 1.29 is 28.5 Å². The van der Waals surface area contributed by atoms with Crippen molar-refractivity contribution in [1.29, 1.82) is 0 Å². The molecule has 2 aliphatic heterocycles. The number of pyridine rings is 4. The standard InChI is InChI=1S/C28H23ClN2O2.C26H20Cl2N2O2.C22H23ClN6OS.C17H22ClN3O/c1-3-25-27-18(9-8-14-24(27)29)15-26(31-25)17(2)30-28(32)33-16-23-21-12-6-4-10-19(21)20-11-5-7-13-22(20)23;1-15(23-13-16-7-6-12-22(27)24(16)25(28)30-23)29-26(31)32-14-21-19-10-4-2-8-17(19)18-9-3-5-11-20(18)21;1-14(27-21-20-22(25-12-24-21)31-13-26-20)18-11-15-3-2-4-16(23)19(15)17(28-18)5-6-29-7-9-30-10-8-29;1-12(19)16-11-13-3-2-4-14(18)17(13)15(20-16)5-6-21-7-9-22-10-8-21/h3-15,17,23H,1,16H2,2H3,(H,30,32);2-13,15,21H,14H2,1H3,(H,29,31);2-4,11-14H,5-10H2,1H3,(H,24,25,27);2-4,11-12H,5-10,19H2,1H3/t17-;15-;14-;12-/m0000/s1. The zero-order chi connectivity index (χ0) is 81.9. The number of alkyl carbamates (subject to hydrolysis) is 2. The van der Waals surface area contributed by atoms with Gasteiger partial charge in [-0.3, -0.25) is 24.8 Å². The van der Waals surface area contributed by atoms with E-state index in [1.807, 2.05) is 142 Å². The Balaban J connectivity index is 0.000000124. The molecular formula is C93H88Cl5N13O6S. The van der Waals surface area contributed by atoms with Crippen LogP contribution in [0.15, 0.2) is 213 Å². The Morgan fingerprint density at radius 1 is 0.500 bits per heavy atom. The van der Waals surface area contributed by atoms with E-state index in [1.165, 1.54) is 55.8 Å². The summed E-state index contributed by atoms with van der Waals surface area (Å²) in [7, 11) is 0. The van der Waals surface area contributed by atoms with Crippen molar-refractivity contribution in [3.63, 3.8) is 0 Å². The number of ether oxygens (including phenoxy) is 4. The molecule has 0 saturated carbocycles. The lowest BCUT2D eigenvalue weighted by Crippen LogP contribution is -2.37. The molecule has 0 unspecified atom stereocenters. The van der Waals surface area contributed by atoms with Crippen molar-refractivity contribution in [2.45, 2.75) is 76.5 Å². The van der Waals surface area contributed by atoms with E-state index in [9.17, 15) is 9.59 Å². The second-order valence-electron chi connectivity index (χ2n) is 29.5. The van der Waals surface area contributed by atoms with Crippen molar-refractivity contribution in [2.24, 2.45) is 5.73 Å². The molecule has 19 nitrogen and oxygen atoms in total. The molecule has 0 bridgehead atoms. The number of morpholine rings is 2. The van der Waals surface area contributed by atoms with E-state index in [0.717, 1.165) is 165 Å². The minimum atomic E-state index is -0.497. The summed E-state index contributed by atoms with van der Waals surface area (Å²) in [6, 6.07) is 63.4. The lowest BCUT2D eigenvalue weighted by Gasteiger charge is -2.26. The maximum atomic E-state index is 12.7. The summed E-state index contributed by atoms with van der Waals surface area (Å²) in [5, 5.41) is 19.9. The second-order valence-corrected chi connectivity index (χ2v) is 32.3. The molecule has 2 amide bonds. The molecular weight excluding hydrogens is 1600 g/mol. The molecule has 5 N–H and O–H groups in total. The Labute approximate surface area is 714 Å². The predicted octanol–water partition coefficient (Wildman–Crippen LogP) is 21.4. The first kappa shape index (κ1) is 82.8. The first-order valence-electron chi connectivity index (χ1n) is 39.4. The number of hydrogen-bond donors (Lipinski definition) is 4. The molecule has 602 valence electrons. The van der Waals surface area contributed by atoms with Gasteiger partial charge in [0.15, 0.2) is 5.82 Å². The molecule has 4 atom stereocenters. The fourth-order valence-corrected chi connectivity index (χ4v) is 17.9. The van der Waals surface area contributed by atoms with Crippen LogP contribution >= 0.6 is 69.3 Å². The Hall–Kier alpha value is -10.3. The van der Waals surface area contributed by atoms with Crippen LogP contribution in [0.3, 0.4) is 0 Å². The van der Waals surface area contributed by atoms with E-state index in [2.05, 4.69) is 131 Å². The number of thiazole rings is 1. The maximum absolute atomic E-state index is 12.7. The molecule has 8 heterocycles. The fraction of sp³-hybridized carbons (Fsp3) is 0.258. The van der Waals surface area contributed by atoms with E-state index in [1.54, 1.807) is 24.0 Å².